The average molecular weight is 234 g/mol. The Morgan fingerprint density at radius 2 is 2.12 bits per heavy atom. The van der Waals surface area contributed by atoms with Crippen LogP contribution in [0.2, 0.25) is 0 Å². The molecule has 1 heterocycles. The van der Waals surface area contributed by atoms with Crippen LogP contribution in [0.15, 0.2) is 35.7 Å². The van der Waals surface area contributed by atoms with Crippen molar-refractivity contribution in [1.29, 1.82) is 0 Å². The van der Waals surface area contributed by atoms with Crippen molar-refractivity contribution in [1.82, 2.24) is 4.98 Å². The van der Waals surface area contributed by atoms with Gasteiger partial charge in [-0.25, -0.2) is 4.98 Å². The number of anilines is 1. The summed E-state index contributed by atoms with van der Waals surface area (Å²) in [4.78, 5) is 4.32. The van der Waals surface area contributed by atoms with E-state index in [1.54, 1.807) is 11.3 Å². The molecule has 0 aliphatic heterocycles. The number of aliphatic hydroxyl groups excluding tert-OH is 1. The lowest BCUT2D eigenvalue weighted by Crippen LogP contribution is -2.14. The van der Waals surface area contributed by atoms with E-state index in [1.807, 2.05) is 42.6 Å². The van der Waals surface area contributed by atoms with Crippen molar-refractivity contribution >= 4 is 16.5 Å². The van der Waals surface area contributed by atoms with Gasteiger partial charge in [-0.2, -0.15) is 0 Å². The molecule has 2 N–H and O–H groups in total. The third-order valence-electron chi connectivity index (χ3n) is 2.30. The predicted octanol–water partition coefficient (Wildman–Crippen LogP) is 2.60. The molecule has 4 heteroatoms. The Labute approximate surface area is 98.8 Å². The molecule has 1 aromatic heterocycles. The zero-order chi connectivity index (χ0) is 11.4. The second-order valence-corrected chi connectivity index (χ2v) is 4.44. The minimum absolute atomic E-state index is 0.0582. The number of benzene rings is 1. The maximum atomic E-state index is 9.36. The largest absolute Gasteiger partial charge is 0.394 e. The number of hydrogen-bond acceptors (Lipinski definition) is 4. The van der Waals surface area contributed by atoms with E-state index < -0.39 is 0 Å². The van der Waals surface area contributed by atoms with Crippen LogP contribution in [0.4, 0.5) is 5.13 Å². The Morgan fingerprint density at radius 1 is 1.38 bits per heavy atom. The average Bonchev–Trinajstić information content (AvgIpc) is 2.73. The summed E-state index contributed by atoms with van der Waals surface area (Å²) >= 11 is 1.55. The van der Waals surface area contributed by atoms with Gasteiger partial charge < -0.3 is 10.4 Å². The van der Waals surface area contributed by atoms with Crippen molar-refractivity contribution in [3.63, 3.8) is 0 Å². The van der Waals surface area contributed by atoms with E-state index in [-0.39, 0.29) is 12.6 Å². The molecule has 0 fully saturated rings. The number of hydrogen-bond donors (Lipinski definition) is 2. The van der Waals surface area contributed by atoms with Crippen LogP contribution in [-0.2, 0) is 0 Å². The van der Waals surface area contributed by atoms with Gasteiger partial charge in [0, 0.05) is 5.38 Å². The first kappa shape index (κ1) is 11.1. The van der Waals surface area contributed by atoms with Crippen molar-refractivity contribution < 1.29 is 5.11 Å². The number of aryl methyl sites for hydroxylation is 1. The van der Waals surface area contributed by atoms with Crippen molar-refractivity contribution in [2.24, 2.45) is 0 Å². The smallest absolute Gasteiger partial charge is 0.183 e. The molecular formula is C12H14N2OS. The number of aromatic nitrogens is 1. The van der Waals surface area contributed by atoms with Gasteiger partial charge in [0.05, 0.1) is 18.3 Å². The van der Waals surface area contributed by atoms with Crippen LogP contribution >= 0.6 is 11.3 Å². The molecule has 2 rings (SSSR count). The second-order valence-electron chi connectivity index (χ2n) is 3.58. The van der Waals surface area contributed by atoms with Crippen LogP contribution in [0, 0.1) is 6.92 Å². The van der Waals surface area contributed by atoms with E-state index in [0.29, 0.717) is 0 Å². The standard InChI is InChI=1S/C12H14N2OS/c1-9-8-16-12(13-9)14-11(7-15)10-5-3-2-4-6-10/h2-6,8,11,15H,7H2,1H3,(H,13,14). The summed E-state index contributed by atoms with van der Waals surface area (Å²) in [6, 6.07) is 9.79. The van der Waals surface area contributed by atoms with Gasteiger partial charge in [0.15, 0.2) is 5.13 Å². The summed E-state index contributed by atoms with van der Waals surface area (Å²) in [5.41, 5.74) is 2.06. The fraction of sp³-hybridized carbons (Fsp3) is 0.250. The summed E-state index contributed by atoms with van der Waals surface area (Å²) < 4.78 is 0. The molecule has 0 spiro atoms. The van der Waals surface area contributed by atoms with E-state index in [4.69, 9.17) is 0 Å². The molecule has 1 aromatic carbocycles. The quantitative estimate of drug-likeness (QED) is 0.854. The third kappa shape index (κ3) is 2.59. The Balaban J connectivity index is 2.12. The summed E-state index contributed by atoms with van der Waals surface area (Å²) in [6.45, 7) is 2.01. The first-order chi connectivity index (χ1) is 7.79. The zero-order valence-corrected chi connectivity index (χ0v) is 9.87. The molecule has 0 bridgehead atoms. The van der Waals surface area contributed by atoms with Gasteiger partial charge in [-0.05, 0) is 12.5 Å². The van der Waals surface area contributed by atoms with Gasteiger partial charge >= 0.3 is 0 Å². The van der Waals surface area contributed by atoms with Crippen LogP contribution in [0.3, 0.4) is 0 Å². The van der Waals surface area contributed by atoms with Gasteiger partial charge in [0.2, 0.25) is 0 Å². The lowest BCUT2D eigenvalue weighted by Gasteiger charge is -2.15. The first-order valence-corrected chi connectivity index (χ1v) is 6.02. The molecular weight excluding hydrogens is 220 g/mol. The third-order valence-corrected chi connectivity index (χ3v) is 3.19. The fourth-order valence-electron chi connectivity index (χ4n) is 1.49. The van der Waals surface area contributed by atoms with Crippen LogP contribution in [-0.4, -0.2) is 16.7 Å². The van der Waals surface area contributed by atoms with Gasteiger partial charge in [-0.1, -0.05) is 30.3 Å². The molecule has 0 aliphatic carbocycles. The van der Waals surface area contributed by atoms with E-state index in [2.05, 4.69) is 10.3 Å². The van der Waals surface area contributed by atoms with E-state index in [9.17, 15) is 5.11 Å². The second kappa shape index (κ2) is 5.09. The van der Waals surface area contributed by atoms with Gasteiger partial charge in [0.25, 0.3) is 0 Å². The van der Waals surface area contributed by atoms with Gasteiger partial charge in [0.1, 0.15) is 0 Å². The highest BCUT2D eigenvalue weighted by atomic mass is 32.1. The summed E-state index contributed by atoms with van der Waals surface area (Å²) in [6.07, 6.45) is 0. The van der Waals surface area contributed by atoms with E-state index in [0.717, 1.165) is 16.4 Å². The Bertz CT molecular complexity index is 441. The molecule has 0 amide bonds. The summed E-state index contributed by atoms with van der Waals surface area (Å²) in [5, 5.41) is 15.4. The lowest BCUT2D eigenvalue weighted by atomic mass is 10.1. The van der Waals surface area contributed by atoms with Gasteiger partial charge in [-0.15, -0.1) is 11.3 Å². The first-order valence-electron chi connectivity index (χ1n) is 5.14. The number of nitrogens with zero attached hydrogens (tertiary/aromatic N) is 1. The highest BCUT2D eigenvalue weighted by Gasteiger charge is 2.10. The molecule has 0 aliphatic rings. The highest BCUT2D eigenvalue weighted by Crippen LogP contribution is 2.21. The van der Waals surface area contributed by atoms with E-state index >= 15 is 0 Å². The maximum Gasteiger partial charge on any atom is 0.183 e. The molecule has 0 radical (unpaired) electrons. The van der Waals surface area contributed by atoms with Gasteiger partial charge in [-0.3, -0.25) is 0 Å². The van der Waals surface area contributed by atoms with E-state index in [1.165, 1.54) is 0 Å². The summed E-state index contributed by atoms with van der Waals surface area (Å²) in [7, 11) is 0. The van der Waals surface area contributed by atoms with Crippen molar-refractivity contribution in [2.75, 3.05) is 11.9 Å². The minimum Gasteiger partial charge on any atom is -0.394 e. The van der Waals surface area contributed by atoms with Crippen molar-refractivity contribution in [3.05, 3.63) is 47.0 Å². The number of thiazole rings is 1. The zero-order valence-electron chi connectivity index (χ0n) is 9.05. The SMILES string of the molecule is Cc1csc(NC(CO)c2ccccc2)n1. The fourth-order valence-corrected chi connectivity index (χ4v) is 2.23. The highest BCUT2D eigenvalue weighted by molar-refractivity contribution is 7.13. The molecule has 84 valence electrons. The van der Waals surface area contributed by atoms with Crippen LogP contribution in [0.25, 0.3) is 0 Å². The minimum atomic E-state index is -0.0910. The topological polar surface area (TPSA) is 45.1 Å². The number of nitrogens with one attached hydrogen (secondary N) is 1. The molecule has 3 nitrogen and oxygen atoms in total. The van der Waals surface area contributed by atoms with Crippen LogP contribution < -0.4 is 5.32 Å². The monoisotopic (exact) mass is 234 g/mol. The molecule has 0 saturated heterocycles. The predicted molar refractivity (Wildman–Crippen MR) is 66.7 cm³/mol. The normalized spacial score (nSPS) is 12.4. The van der Waals surface area contributed by atoms with Crippen molar-refractivity contribution in [2.45, 2.75) is 13.0 Å². The Morgan fingerprint density at radius 3 is 2.69 bits per heavy atom. The molecule has 16 heavy (non-hydrogen) atoms. The van der Waals surface area contributed by atoms with Crippen LogP contribution in [0.1, 0.15) is 17.3 Å². The number of rotatable bonds is 4. The molecule has 2 aromatic rings. The maximum absolute atomic E-state index is 9.36. The number of aliphatic hydroxyl groups is 1. The van der Waals surface area contributed by atoms with Crippen LogP contribution in [0.5, 0.6) is 0 Å². The summed E-state index contributed by atoms with van der Waals surface area (Å²) in [5.74, 6) is 0. The Hall–Kier alpha value is -1.39. The molecule has 1 unspecified atom stereocenters. The molecule has 1 atom stereocenters. The molecule has 0 saturated carbocycles. The lowest BCUT2D eigenvalue weighted by molar-refractivity contribution is 0.276. The Kier molecular flexibility index (Phi) is 3.54. The van der Waals surface area contributed by atoms with Crippen molar-refractivity contribution in [3.8, 4) is 0 Å².